The lowest BCUT2D eigenvalue weighted by Gasteiger charge is -2.33. The van der Waals surface area contributed by atoms with Crippen LogP contribution in [-0.4, -0.2) is 64.0 Å². The van der Waals surface area contributed by atoms with Gasteiger partial charge in [0.05, 0.1) is 23.4 Å². The van der Waals surface area contributed by atoms with Crippen molar-refractivity contribution in [2.75, 3.05) is 38.5 Å². The molecule has 1 heterocycles. The van der Waals surface area contributed by atoms with Gasteiger partial charge in [0.2, 0.25) is 0 Å². The van der Waals surface area contributed by atoms with E-state index in [1.54, 1.807) is 24.3 Å². The van der Waals surface area contributed by atoms with Gasteiger partial charge in [-0.25, -0.2) is 8.42 Å². The summed E-state index contributed by atoms with van der Waals surface area (Å²) < 4.78 is 30.1. The first-order valence-electron chi connectivity index (χ1n) is 7.99. The first-order valence-corrected chi connectivity index (χ1v) is 9.64. The number of hydrogen-bond acceptors (Lipinski definition) is 5. The molecule has 1 aliphatic heterocycles. The lowest BCUT2D eigenvalue weighted by Crippen LogP contribution is -2.47. The van der Waals surface area contributed by atoms with Gasteiger partial charge in [0.15, 0.2) is 9.84 Å². The zero-order valence-electron chi connectivity index (χ0n) is 12.8. The Morgan fingerprint density at radius 2 is 2.00 bits per heavy atom. The number of nitrogens with zero attached hydrogens (tertiary/aromatic N) is 1. The van der Waals surface area contributed by atoms with Crippen molar-refractivity contribution in [2.24, 2.45) is 0 Å². The monoisotopic (exact) mass is 324 g/mol. The second kappa shape index (κ2) is 7.08. The molecule has 1 N–H and O–H groups in total. The molecule has 0 amide bonds. The summed E-state index contributed by atoms with van der Waals surface area (Å²) in [7, 11) is -3.19. The molecule has 0 bridgehead atoms. The Bertz CT molecular complexity index is 572. The standard InChI is InChI=1S/C16H24N2O3S/c19-22(20,16-4-2-1-3-5-16)11-8-17-12-15-13-18(9-10-21-15)14-6-7-14/h1-5,14-15,17H,6-13H2/t15-/m1/s1. The predicted molar refractivity (Wildman–Crippen MR) is 85.7 cm³/mol. The Hall–Kier alpha value is -0.950. The van der Waals surface area contributed by atoms with E-state index in [9.17, 15) is 8.42 Å². The average molecular weight is 324 g/mol. The Balaban J connectivity index is 1.40. The van der Waals surface area contributed by atoms with Crippen molar-refractivity contribution >= 4 is 9.84 Å². The van der Waals surface area contributed by atoms with Crippen LogP contribution in [0.2, 0.25) is 0 Å². The summed E-state index contributed by atoms with van der Waals surface area (Å²) in [6, 6.07) is 9.39. The lowest BCUT2D eigenvalue weighted by atomic mass is 10.2. The fourth-order valence-electron chi connectivity index (χ4n) is 2.85. The number of benzene rings is 1. The number of rotatable bonds is 7. The molecular weight excluding hydrogens is 300 g/mol. The molecule has 0 spiro atoms. The molecule has 1 aromatic carbocycles. The summed E-state index contributed by atoms with van der Waals surface area (Å²) in [5.74, 6) is 0.121. The SMILES string of the molecule is O=S(=O)(CCNC[C@@H]1CN(C2CC2)CCO1)c1ccccc1. The first-order chi connectivity index (χ1) is 10.6. The molecule has 1 atom stereocenters. The van der Waals surface area contributed by atoms with E-state index in [1.807, 2.05) is 6.07 Å². The molecule has 3 rings (SSSR count). The molecule has 122 valence electrons. The normalized spacial score (nSPS) is 23.5. The maximum Gasteiger partial charge on any atom is 0.179 e. The number of hydrogen-bond donors (Lipinski definition) is 1. The van der Waals surface area contributed by atoms with Crippen molar-refractivity contribution in [3.05, 3.63) is 30.3 Å². The van der Waals surface area contributed by atoms with Crippen LogP contribution in [0.4, 0.5) is 0 Å². The molecule has 6 heteroatoms. The molecule has 2 aliphatic rings. The van der Waals surface area contributed by atoms with Crippen LogP contribution >= 0.6 is 0 Å². The van der Waals surface area contributed by atoms with E-state index in [-0.39, 0.29) is 11.9 Å². The van der Waals surface area contributed by atoms with Crippen molar-refractivity contribution < 1.29 is 13.2 Å². The predicted octanol–water partition coefficient (Wildman–Crippen LogP) is 0.913. The van der Waals surface area contributed by atoms with E-state index in [4.69, 9.17) is 4.74 Å². The molecular formula is C16H24N2O3S. The number of ether oxygens (including phenoxy) is 1. The summed E-state index contributed by atoms with van der Waals surface area (Å²) in [5, 5.41) is 3.23. The fourth-order valence-corrected chi connectivity index (χ4v) is 4.07. The zero-order chi connectivity index (χ0) is 15.4. The Labute approximate surface area is 132 Å². The molecule has 0 unspecified atom stereocenters. The number of morpholine rings is 1. The molecule has 1 aliphatic carbocycles. The van der Waals surface area contributed by atoms with Gasteiger partial charge in [-0.15, -0.1) is 0 Å². The maximum atomic E-state index is 12.2. The third-order valence-corrected chi connectivity index (χ3v) is 5.99. The quantitative estimate of drug-likeness (QED) is 0.756. The van der Waals surface area contributed by atoms with Gasteiger partial charge in [0, 0.05) is 32.2 Å². The average Bonchev–Trinajstić information content (AvgIpc) is 3.38. The van der Waals surface area contributed by atoms with Crippen LogP contribution in [0.1, 0.15) is 12.8 Å². The summed E-state index contributed by atoms with van der Waals surface area (Å²) in [4.78, 5) is 2.89. The van der Waals surface area contributed by atoms with Crippen molar-refractivity contribution in [3.8, 4) is 0 Å². The Morgan fingerprint density at radius 3 is 2.73 bits per heavy atom. The van der Waals surface area contributed by atoms with Crippen LogP contribution < -0.4 is 5.32 Å². The van der Waals surface area contributed by atoms with Gasteiger partial charge in [-0.05, 0) is 25.0 Å². The van der Waals surface area contributed by atoms with Crippen molar-refractivity contribution in [2.45, 2.75) is 29.9 Å². The van der Waals surface area contributed by atoms with Crippen LogP contribution in [0.15, 0.2) is 35.2 Å². The molecule has 1 aromatic rings. The van der Waals surface area contributed by atoms with E-state index < -0.39 is 9.84 Å². The molecule has 1 saturated heterocycles. The Kier molecular flexibility index (Phi) is 5.13. The van der Waals surface area contributed by atoms with Gasteiger partial charge < -0.3 is 10.1 Å². The van der Waals surface area contributed by atoms with Crippen molar-refractivity contribution in [1.82, 2.24) is 10.2 Å². The molecule has 22 heavy (non-hydrogen) atoms. The Morgan fingerprint density at radius 1 is 1.23 bits per heavy atom. The molecule has 5 nitrogen and oxygen atoms in total. The summed E-state index contributed by atoms with van der Waals surface area (Å²) in [6.45, 7) is 3.95. The van der Waals surface area contributed by atoms with Crippen molar-refractivity contribution in [1.29, 1.82) is 0 Å². The number of nitrogens with one attached hydrogen (secondary N) is 1. The maximum absolute atomic E-state index is 12.2. The highest BCUT2D eigenvalue weighted by molar-refractivity contribution is 7.91. The van der Waals surface area contributed by atoms with Crippen LogP contribution in [0.3, 0.4) is 0 Å². The summed E-state index contributed by atoms with van der Waals surface area (Å²) >= 11 is 0. The minimum absolute atomic E-state index is 0.121. The minimum Gasteiger partial charge on any atom is -0.374 e. The van der Waals surface area contributed by atoms with Gasteiger partial charge in [-0.2, -0.15) is 0 Å². The zero-order valence-corrected chi connectivity index (χ0v) is 13.6. The highest BCUT2D eigenvalue weighted by Crippen LogP contribution is 2.28. The third-order valence-electron chi connectivity index (χ3n) is 4.26. The second-order valence-electron chi connectivity index (χ2n) is 6.05. The van der Waals surface area contributed by atoms with E-state index in [0.29, 0.717) is 18.0 Å². The second-order valence-corrected chi connectivity index (χ2v) is 8.16. The van der Waals surface area contributed by atoms with Crippen LogP contribution in [-0.2, 0) is 14.6 Å². The highest BCUT2D eigenvalue weighted by Gasteiger charge is 2.32. The number of sulfone groups is 1. The largest absolute Gasteiger partial charge is 0.374 e. The molecule has 0 radical (unpaired) electrons. The summed E-state index contributed by atoms with van der Waals surface area (Å²) in [6.07, 6.45) is 2.80. The van der Waals surface area contributed by atoms with Crippen LogP contribution in [0, 0.1) is 0 Å². The van der Waals surface area contributed by atoms with E-state index in [1.165, 1.54) is 12.8 Å². The van der Waals surface area contributed by atoms with Gasteiger partial charge in [0.1, 0.15) is 0 Å². The van der Waals surface area contributed by atoms with E-state index in [2.05, 4.69) is 10.2 Å². The highest BCUT2D eigenvalue weighted by atomic mass is 32.2. The minimum atomic E-state index is -3.19. The molecule has 2 fully saturated rings. The topological polar surface area (TPSA) is 58.6 Å². The van der Waals surface area contributed by atoms with Crippen molar-refractivity contribution in [3.63, 3.8) is 0 Å². The fraction of sp³-hybridized carbons (Fsp3) is 0.625. The van der Waals surface area contributed by atoms with Crippen LogP contribution in [0.25, 0.3) is 0 Å². The van der Waals surface area contributed by atoms with Gasteiger partial charge >= 0.3 is 0 Å². The smallest absolute Gasteiger partial charge is 0.179 e. The lowest BCUT2D eigenvalue weighted by molar-refractivity contribution is -0.0297. The molecule has 0 aromatic heterocycles. The first kappa shape index (κ1) is 15.9. The van der Waals surface area contributed by atoms with Gasteiger partial charge in [-0.1, -0.05) is 18.2 Å². The third kappa shape index (κ3) is 4.29. The van der Waals surface area contributed by atoms with E-state index >= 15 is 0 Å². The van der Waals surface area contributed by atoms with Gasteiger partial charge in [-0.3, -0.25) is 4.90 Å². The van der Waals surface area contributed by atoms with Crippen LogP contribution in [0.5, 0.6) is 0 Å². The van der Waals surface area contributed by atoms with E-state index in [0.717, 1.165) is 25.7 Å². The summed E-state index contributed by atoms with van der Waals surface area (Å²) in [5.41, 5.74) is 0. The van der Waals surface area contributed by atoms with Gasteiger partial charge in [0.25, 0.3) is 0 Å². The molecule has 1 saturated carbocycles.